The van der Waals surface area contributed by atoms with Crippen molar-refractivity contribution in [2.45, 2.75) is 6.92 Å². The molecule has 0 atom stereocenters. The van der Waals surface area contributed by atoms with Crippen LogP contribution in [0.1, 0.15) is 5.56 Å². The Labute approximate surface area is 165 Å². The van der Waals surface area contributed by atoms with Crippen LogP contribution in [-0.2, 0) is 0 Å². The molecule has 0 bridgehead atoms. The van der Waals surface area contributed by atoms with Gasteiger partial charge in [-0.25, -0.2) is 14.4 Å². The fraction of sp³-hybridized carbons (Fsp3) is 0.0476. The van der Waals surface area contributed by atoms with E-state index in [1.165, 1.54) is 17.4 Å². The van der Waals surface area contributed by atoms with E-state index in [0.29, 0.717) is 0 Å². The van der Waals surface area contributed by atoms with E-state index in [1.54, 1.807) is 18.3 Å². The monoisotopic (exact) mass is 395 g/mol. The van der Waals surface area contributed by atoms with Gasteiger partial charge in [-0.3, -0.25) is 4.57 Å². The number of rotatable bonds is 3. The number of halogens is 2. The largest absolute Gasteiger partial charge is 0.269 e. The third-order valence-electron chi connectivity index (χ3n) is 4.10. The van der Waals surface area contributed by atoms with Gasteiger partial charge in [-0.15, -0.1) is 11.3 Å². The highest BCUT2D eigenvalue weighted by molar-refractivity contribution is 7.07. The Balaban J connectivity index is 1.99. The molecule has 2 aromatic carbocycles. The van der Waals surface area contributed by atoms with Crippen LogP contribution in [-0.4, -0.2) is 9.55 Å². The van der Waals surface area contributed by atoms with Crippen LogP contribution in [0, 0.1) is 12.7 Å². The van der Waals surface area contributed by atoms with Crippen LogP contribution in [0.15, 0.2) is 77.2 Å². The number of benzene rings is 2. The quantitative estimate of drug-likeness (QED) is 0.422. The highest BCUT2D eigenvalue weighted by Crippen LogP contribution is 2.28. The summed E-state index contributed by atoms with van der Waals surface area (Å²) in [6.45, 7) is 2.00. The molecule has 0 fully saturated rings. The summed E-state index contributed by atoms with van der Waals surface area (Å²) in [5.41, 5.74) is 3.53. The van der Waals surface area contributed by atoms with E-state index in [0.717, 1.165) is 33.1 Å². The summed E-state index contributed by atoms with van der Waals surface area (Å²) in [6.07, 6.45) is 1.75. The summed E-state index contributed by atoms with van der Waals surface area (Å²) in [5.74, 6) is 0.342. The zero-order valence-electron chi connectivity index (χ0n) is 14.4. The lowest BCUT2D eigenvalue weighted by molar-refractivity contribution is 0.628. The highest BCUT2D eigenvalue weighted by atomic mass is 35.5. The fourth-order valence-electron chi connectivity index (χ4n) is 2.78. The lowest BCUT2D eigenvalue weighted by Gasteiger charge is -2.11. The summed E-state index contributed by atoms with van der Waals surface area (Å²) in [7, 11) is 0. The average Bonchev–Trinajstić information content (AvgIpc) is 3.08. The molecule has 0 saturated carbocycles. The zero-order valence-corrected chi connectivity index (χ0v) is 16.0. The van der Waals surface area contributed by atoms with Crippen LogP contribution in [0.25, 0.3) is 17.1 Å². The Bertz CT molecular complexity index is 1170. The third kappa shape index (κ3) is 3.56. The molecule has 0 aliphatic carbocycles. The van der Waals surface area contributed by atoms with Crippen LogP contribution < -0.4 is 4.80 Å². The Kier molecular flexibility index (Phi) is 4.88. The first-order chi connectivity index (χ1) is 13.1. The van der Waals surface area contributed by atoms with E-state index in [2.05, 4.69) is 4.98 Å². The minimum absolute atomic E-state index is 0.0875. The molecule has 3 nitrogen and oxygen atoms in total. The molecule has 4 rings (SSSR count). The maximum Gasteiger partial charge on any atom is 0.196 e. The smallest absolute Gasteiger partial charge is 0.196 e. The van der Waals surface area contributed by atoms with Gasteiger partial charge in [0.05, 0.1) is 16.4 Å². The maximum atomic E-state index is 13.6. The van der Waals surface area contributed by atoms with Crippen molar-refractivity contribution in [1.29, 1.82) is 0 Å². The molecular weight excluding hydrogens is 381 g/mol. The van der Waals surface area contributed by atoms with E-state index < -0.39 is 5.82 Å². The zero-order chi connectivity index (χ0) is 18.8. The molecule has 0 unspecified atom stereocenters. The predicted octanol–water partition coefficient (Wildman–Crippen LogP) is 5.93. The number of aryl methyl sites for hydroxylation is 1. The second-order valence-electron chi connectivity index (χ2n) is 5.96. The number of pyridine rings is 1. The molecule has 134 valence electrons. The molecule has 0 amide bonds. The number of para-hydroxylation sites is 1. The topological polar surface area (TPSA) is 30.2 Å². The van der Waals surface area contributed by atoms with Crippen LogP contribution in [0.4, 0.5) is 10.1 Å². The minimum atomic E-state index is -0.439. The summed E-state index contributed by atoms with van der Waals surface area (Å²) >= 11 is 7.51. The maximum absolute atomic E-state index is 13.6. The molecule has 0 spiro atoms. The molecule has 0 N–H and O–H groups in total. The van der Waals surface area contributed by atoms with Crippen LogP contribution in [0.2, 0.25) is 5.02 Å². The first-order valence-corrected chi connectivity index (χ1v) is 9.57. The lowest BCUT2D eigenvalue weighted by atomic mass is 10.1. The lowest BCUT2D eigenvalue weighted by Crippen LogP contribution is -2.16. The number of nitrogens with zero attached hydrogens (tertiary/aromatic N) is 3. The molecule has 0 aliphatic rings. The molecule has 0 saturated heterocycles. The minimum Gasteiger partial charge on any atom is -0.269 e. The Morgan fingerprint density at radius 2 is 1.89 bits per heavy atom. The van der Waals surface area contributed by atoms with Crippen LogP contribution in [0.5, 0.6) is 0 Å². The predicted molar refractivity (Wildman–Crippen MR) is 108 cm³/mol. The molecule has 4 aromatic rings. The molecule has 6 heteroatoms. The Morgan fingerprint density at radius 3 is 2.63 bits per heavy atom. The number of thiazole rings is 1. The van der Waals surface area contributed by atoms with Gasteiger partial charge in [0.2, 0.25) is 0 Å². The van der Waals surface area contributed by atoms with E-state index in [9.17, 15) is 4.39 Å². The SMILES string of the molecule is Cc1cccnc1-n1c(-c2ccc(F)c(Cl)c2)csc1=Nc1ccccc1. The van der Waals surface area contributed by atoms with Crippen molar-refractivity contribution in [3.8, 4) is 17.1 Å². The fourth-order valence-corrected chi connectivity index (χ4v) is 3.86. The van der Waals surface area contributed by atoms with E-state index in [4.69, 9.17) is 16.6 Å². The first-order valence-electron chi connectivity index (χ1n) is 8.31. The van der Waals surface area contributed by atoms with Crippen LogP contribution in [0.3, 0.4) is 0 Å². The molecular formula is C21H15ClFN3S. The second-order valence-corrected chi connectivity index (χ2v) is 7.20. The van der Waals surface area contributed by atoms with Crippen molar-refractivity contribution < 1.29 is 4.39 Å². The molecule has 0 aliphatic heterocycles. The molecule has 27 heavy (non-hydrogen) atoms. The van der Waals surface area contributed by atoms with Gasteiger partial charge < -0.3 is 0 Å². The summed E-state index contributed by atoms with van der Waals surface area (Å²) in [4.78, 5) is 10.1. The van der Waals surface area contributed by atoms with Gasteiger partial charge in [0.25, 0.3) is 0 Å². The van der Waals surface area contributed by atoms with Gasteiger partial charge in [0.1, 0.15) is 11.6 Å². The van der Waals surface area contributed by atoms with Gasteiger partial charge in [0.15, 0.2) is 4.80 Å². The Morgan fingerprint density at radius 1 is 1.07 bits per heavy atom. The van der Waals surface area contributed by atoms with Gasteiger partial charge >= 0.3 is 0 Å². The van der Waals surface area contributed by atoms with Gasteiger partial charge in [-0.05, 0) is 48.9 Å². The number of hydrogen-bond acceptors (Lipinski definition) is 3. The van der Waals surface area contributed by atoms with Crippen LogP contribution >= 0.6 is 22.9 Å². The van der Waals surface area contributed by atoms with E-state index in [1.807, 2.05) is 59.3 Å². The van der Waals surface area contributed by atoms with Crippen molar-refractivity contribution in [1.82, 2.24) is 9.55 Å². The molecule has 0 radical (unpaired) electrons. The third-order valence-corrected chi connectivity index (χ3v) is 5.21. The van der Waals surface area contributed by atoms with Crippen molar-refractivity contribution in [2.24, 2.45) is 4.99 Å². The van der Waals surface area contributed by atoms with Gasteiger partial charge in [0, 0.05) is 17.1 Å². The van der Waals surface area contributed by atoms with Crippen molar-refractivity contribution in [3.05, 3.63) is 93.4 Å². The first kappa shape index (κ1) is 17.6. The van der Waals surface area contributed by atoms with Gasteiger partial charge in [-0.2, -0.15) is 0 Å². The summed E-state index contributed by atoms with van der Waals surface area (Å²) in [6, 6.07) is 18.4. The molecule has 2 aromatic heterocycles. The summed E-state index contributed by atoms with van der Waals surface area (Å²) in [5, 5.41) is 2.07. The second kappa shape index (κ2) is 7.47. The summed E-state index contributed by atoms with van der Waals surface area (Å²) < 4.78 is 15.6. The van der Waals surface area contributed by atoms with Crippen molar-refractivity contribution >= 4 is 28.6 Å². The Hall–Kier alpha value is -2.76. The number of hydrogen-bond donors (Lipinski definition) is 0. The van der Waals surface area contributed by atoms with Crippen molar-refractivity contribution in [3.63, 3.8) is 0 Å². The number of aromatic nitrogens is 2. The van der Waals surface area contributed by atoms with Gasteiger partial charge in [-0.1, -0.05) is 35.9 Å². The van der Waals surface area contributed by atoms with E-state index >= 15 is 0 Å². The normalized spacial score (nSPS) is 11.7. The standard InChI is InChI=1S/C21H15ClFN3S/c1-14-6-5-11-24-20(14)26-19(15-9-10-18(23)17(22)12-15)13-27-21(26)25-16-7-3-2-4-8-16/h2-13H,1H3. The van der Waals surface area contributed by atoms with E-state index in [-0.39, 0.29) is 5.02 Å². The highest BCUT2D eigenvalue weighted by Gasteiger charge is 2.14. The molecule has 2 heterocycles. The van der Waals surface area contributed by atoms with Crippen molar-refractivity contribution in [2.75, 3.05) is 0 Å². The average molecular weight is 396 g/mol.